The summed E-state index contributed by atoms with van der Waals surface area (Å²) in [5, 5.41) is 18.1. The highest BCUT2D eigenvalue weighted by molar-refractivity contribution is 5.16. The van der Waals surface area contributed by atoms with Crippen molar-refractivity contribution in [3.05, 3.63) is 11.6 Å². The molecular formula is C8H14O2. The summed E-state index contributed by atoms with van der Waals surface area (Å²) in [6, 6.07) is 0. The maximum atomic E-state index is 9.31. The van der Waals surface area contributed by atoms with E-state index in [1.807, 2.05) is 13.0 Å². The normalized spacial score (nSPS) is 28.3. The summed E-state index contributed by atoms with van der Waals surface area (Å²) in [5.41, 5.74) is 1.02. The highest BCUT2D eigenvalue weighted by Crippen LogP contribution is 2.24. The van der Waals surface area contributed by atoms with Gasteiger partial charge >= 0.3 is 0 Å². The van der Waals surface area contributed by atoms with Crippen molar-refractivity contribution in [2.75, 3.05) is 6.61 Å². The lowest BCUT2D eigenvalue weighted by atomic mass is 10.00. The first-order chi connectivity index (χ1) is 4.75. The van der Waals surface area contributed by atoms with Crippen LogP contribution in [-0.2, 0) is 0 Å². The van der Waals surface area contributed by atoms with Crippen LogP contribution in [0.1, 0.15) is 19.8 Å². The Morgan fingerprint density at radius 1 is 1.80 bits per heavy atom. The van der Waals surface area contributed by atoms with Gasteiger partial charge in [-0.05, 0) is 18.4 Å². The van der Waals surface area contributed by atoms with Crippen molar-refractivity contribution in [3.8, 4) is 0 Å². The lowest BCUT2D eigenvalue weighted by molar-refractivity contribution is 0.180. The van der Waals surface area contributed by atoms with Gasteiger partial charge in [-0.15, -0.1) is 0 Å². The van der Waals surface area contributed by atoms with Crippen molar-refractivity contribution in [1.82, 2.24) is 0 Å². The number of rotatable bonds is 2. The van der Waals surface area contributed by atoms with Gasteiger partial charge in [-0.2, -0.15) is 0 Å². The van der Waals surface area contributed by atoms with Gasteiger partial charge in [-0.3, -0.25) is 0 Å². The minimum absolute atomic E-state index is 0.137. The second-order valence-electron chi connectivity index (χ2n) is 2.88. The van der Waals surface area contributed by atoms with E-state index in [4.69, 9.17) is 5.11 Å². The summed E-state index contributed by atoms with van der Waals surface area (Å²) < 4.78 is 0. The molecule has 0 fully saturated rings. The van der Waals surface area contributed by atoms with Crippen LogP contribution in [0.2, 0.25) is 0 Å². The topological polar surface area (TPSA) is 40.5 Å². The predicted molar refractivity (Wildman–Crippen MR) is 39.6 cm³/mol. The highest BCUT2D eigenvalue weighted by atomic mass is 16.3. The van der Waals surface area contributed by atoms with E-state index in [0.717, 1.165) is 18.4 Å². The van der Waals surface area contributed by atoms with Crippen LogP contribution in [0.3, 0.4) is 0 Å². The molecule has 58 valence electrons. The van der Waals surface area contributed by atoms with Gasteiger partial charge in [0.2, 0.25) is 0 Å². The third-order valence-corrected chi connectivity index (χ3v) is 2.05. The summed E-state index contributed by atoms with van der Waals surface area (Å²) >= 11 is 0. The molecule has 2 heteroatoms. The lowest BCUT2D eigenvalue weighted by Gasteiger charge is -2.13. The summed E-state index contributed by atoms with van der Waals surface area (Å²) in [7, 11) is 0. The lowest BCUT2D eigenvalue weighted by Crippen LogP contribution is -2.14. The molecule has 0 aromatic carbocycles. The average Bonchev–Trinajstić information content (AvgIpc) is 2.34. The first-order valence-corrected chi connectivity index (χ1v) is 3.74. The molecular weight excluding hydrogens is 128 g/mol. The van der Waals surface area contributed by atoms with Crippen LogP contribution >= 0.6 is 0 Å². The zero-order valence-electron chi connectivity index (χ0n) is 6.25. The van der Waals surface area contributed by atoms with Crippen LogP contribution in [0.25, 0.3) is 0 Å². The third-order valence-electron chi connectivity index (χ3n) is 2.05. The molecule has 0 radical (unpaired) electrons. The molecule has 0 saturated carbocycles. The SMILES string of the molecule is C[C@H](CO)C1=CCC[C@@H]1O. The summed E-state index contributed by atoms with van der Waals surface area (Å²) in [6.07, 6.45) is 3.54. The van der Waals surface area contributed by atoms with Crippen LogP contribution < -0.4 is 0 Å². The minimum atomic E-state index is -0.290. The van der Waals surface area contributed by atoms with Crippen molar-refractivity contribution >= 4 is 0 Å². The molecule has 0 saturated heterocycles. The standard InChI is InChI=1S/C8H14O2/c1-6(5-9)7-3-2-4-8(7)10/h3,6,8-10H,2,4-5H2,1H3/t6-,8+/m1/s1. The monoisotopic (exact) mass is 142 g/mol. The van der Waals surface area contributed by atoms with Gasteiger partial charge < -0.3 is 10.2 Å². The first kappa shape index (κ1) is 7.76. The second-order valence-corrected chi connectivity index (χ2v) is 2.88. The molecule has 2 N–H and O–H groups in total. The number of allylic oxidation sites excluding steroid dienone is 1. The Labute approximate surface area is 61.2 Å². The molecule has 0 aromatic rings. The number of aliphatic hydroxyl groups is 2. The van der Waals surface area contributed by atoms with Crippen LogP contribution in [0.15, 0.2) is 11.6 Å². The van der Waals surface area contributed by atoms with E-state index in [2.05, 4.69) is 0 Å². The Balaban J connectivity index is 2.53. The molecule has 10 heavy (non-hydrogen) atoms. The van der Waals surface area contributed by atoms with E-state index in [0.29, 0.717) is 0 Å². The molecule has 1 aliphatic carbocycles. The quantitative estimate of drug-likeness (QED) is 0.557. The van der Waals surface area contributed by atoms with E-state index in [1.54, 1.807) is 0 Å². The Hall–Kier alpha value is -0.340. The van der Waals surface area contributed by atoms with E-state index >= 15 is 0 Å². The molecule has 0 aliphatic heterocycles. The predicted octanol–water partition coefficient (Wildman–Crippen LogP) is 0.696. The zero-order valence-corrected chi connectivity index (χ0v) is 6.25. The van der Waals surface area contributed by atoms with Crippen molar-refractivity contribution in [2.24, 2.45) is 5.92 Å². The molecule has 2 atom stereocenters. The van der Waals surface area contributed by atoms with Crippen LogP contribution in [-0.4, -0.2) is 22.9 Å². The van der Waals surface area contributed by atoms with Gasteiger partial charge in [-0.25, -0.2) is 0 Å². The van der Waals surface area contributed by atoms with E-state index in [9.17, 15) is 5.11 Å². The van der Waals surface area contributed by atoms with Gasteiger partial charge in [0.25, 0.3) is 0 Å². The maximum Gasteiger partial charge on any atom is 0.0756 e. The van der Waals surface area contributed by atoms with Crippen molar-refractivity contribution in [3.63, 3.8) is 0 Å². The first-order valence-electron chi connectivity index (χ1n) is 3.74. The highest BCUT2D eigenvalue weighted by Gasteiger charge is 2.20. The number of hydrogen-bond acceptors (Lipinski definition) is 2. The molecule has 0 bridgehead atoms. The zero-order chi connectivity index (χ0) is 7.56. The van der Waals surface area contributed by atoms with Crippen molar-refractivity contribution in [2.45, 2.75) is 25.9 Å². The molecule has 1 rings (SSSR count). The van der Waals surface area contributed by atoms with Crippen molar-refractivity contribution in [1.29, 1.82) is 0 Å². The smallest absolute Gasteiger partial charge is 0.0756 e. The second kappa shape index (κ2) is 3.17. The summed E-state index contributed by atoms with van der Waals surface area (Å²) in [6.45, 7) is 2.07. The molecule has 0 amide bonds. The van der Waals surface area contributed by atoms with Gasteiger partial charge in [0.15, 0.2) is 0 Å². The third kappa shape index (κ3) is 1.39. The molecule has 0 unspecified atom stereocenters. The summed E-state index contributed by atoms with van der Waals surface area (Å²) in [4.78, 5) is 0. The fourth-order valence-electron chi connectivity index (χ4n) is 1.35. The molecule has 0 heterocycles. The molecule has 2 nitrogen and oxygen atoms in total. The van der Waals surface area contributed by atoms with E-state index in [1.165, 1.54) is 0 Å². The van der Waals surface area contributed by atoms with E-state index in [-0.39, 0.29) is 18.6 Å². The number of aliphatic hydroxyl groups excluding tert-OH is 2. The van der Waals surface area contributed by atoms with Gasteiger partial charge in [0.05, 0.1) is 6.10 Å². The largest absolute Gasteiger partial charge is 0.396 e. The van der Waals surface area contributed by atoms with Gasteiger partial charge in [0, 0.05) is 12.5 Å². The number of hydrogen-bond donors (Lipinski definition) is 2. The van der Waals surface area contributed by atoms with Gasteiger partial charge in [-0.1, -0.05) is 13.0 Å². The van der Waals surface area contributed by atoms with Crippen LogP contribution in [0, 0.1) is 5.92 Å². The summed E-state index contributed by atoms with van der Waals surface area (Å²) in [5.74, 6) is 0.137. The Kier molecular flexibility index (Phi) is 2.46. The fourth-order valence-corrected chi connectivity index (χ4v) is 1.35. The van der Waals surface area contributed by atoms with Gasteiger partial charge in [0.1, 0.15) is 0 Å². The Bertz CT molecular complexity index is 140. The average molecular weight is 142 g/mol. The molecule has 1 aliphatic rings. The van der Waals surface area contributed by atoms with E-state index < -0.39 is 0 Å². The Morgan fingerprint density at radius 2 is 2.50 bits per heavy atom. The fraction of sp³-hybridized carbons (Fsp3) is 0.750. The van der Waals surface area contributed by atoms with Crippen LogP contribution in [0.5, 0.6) is 0 Å². The Morgan fingerprint density at radius 3 is 2.90 bits per heavy atom. The maximum absolute atomic E-state index is 9.31. The van der Waals surface area contributed by atoms with Crippen molar-refractivity contribution < 1.29 is 10.2 Å². The minimum Gasteiger partial charge on any atom is -0.396 e. The molecule has 0 aromatic heterocycles. The van der Waals surface area contributed by atoms with Crippen LogP contribution in [0.4, 0.5) is 0 Å². The molecule has 0 spiro atoms.